The first-order valence-electron chi connectivity index (χ1n) is 7.22. The Morgan fingerprint density at radius 1 is 1.29 bits per heavy atom. The lowest BCUT2D eigenvalue weighted by molar-refractivity contribution is -0.144. The van der Waals surface area contributed by atoms with E-state index in [0.717, 1.165) is 24.8 Å². The molecule has 1 aromatic carbocycles. The van der Waals surface area contributed by atoms with Crippen LogP contribution >= 0.6 is 0 Å². The molecule has 0 N–H and O–H groups in total. The van der Waals surface area contributed by atoms with Crippen LogP contribution in [0.5, 0.6) is 0 Å². The van der Waals surface area contributed by atoms with Gasteiger partial charge in [0.15, 0.2) is 0 Å². The van der Waals surface area contributed by atoms with Gasteiger partial charge in [0.05, 0.1) is 17.9 Å². The van der Waals surface area contributed by atoms with E-state index in [1.165, 1.54) is 17.0 Å². The minimum Gasteiger partial charge on any atom is -0.469 e. The summed E-state index contributed by atoms with van der Waals surface area (Å²) in [6.45, 7) is 0.589. The molecule has 1 heterocycles. The Bertz CT molecular complexity index is 668. The molecular formula is C15H19NO4S. The number of ether oxygens (including phenoxy) is 1. The van der Waals surface area contributed by atoms with Gasteiger partial charge in [0, 0.05) is 13.1 Å². The smallest absolute Gasteiger partial charge is 0.310 e. The van der Waals surface area contributed by atoms with Crippen LogP contribution in [0, 0.1) is 5.92 Å². The summed E-state index contributed by atoms with van der Waals surface area (Å²) in [5, 5.41) is 0. The highest BCUT2D eigenvalue weighted by Crippen LogP contribution is 2.29. The second-order valence-corrected chi connectivity index (χ2v) is 7.59. The molecule has 1 atom stereocenters. The van der Waals surface area contributed by atoms with Gasteiger partial charge in [0.2, 0.25) is 10.0 Å². The lowest BCUT2D eigenvalue weighted by atomic mass is 10.1. The van der Waals surface area contributed by atoms with Crippen LogP contribution in [0.3, 0.4) is 0 Å². The van der Waals surface area contributed by atoms with Gasteiger partial charge in [-0.2, -0.15) is 4.31 Å². The minimum atomic E-state index is -3.51. The highest BCUT2D eigenvalue weighted by molar-refractivity contribution is 7.89. The molecule has 0 bridgehead atoms. The standard InChI is InChI=1S/C15H19NO4S/c1-20-15(17)13-7-8-16(10-13)21(18,19)14-6-5-11-3-2-4-12(11)9-14/h5-6,9,13H,2-4,7-8,10H2,1H3. The summed E-state index contributed by atoms with van der Waals surface area (Å²) in [5.74, 6) is -0.680. The zero-order valence-electron chi connectivity index (χ0n) is 12.0. The maximum atomic E-state index is 12.7. The van der Waals surface area contributed by atoms with Gasteiger partial charge in [-0.25, -0.2) is 8.42 Å². The van der Waals surface area contributed by atoms with Crippen molar-refractivity contribution in [2.75, 3.05) is 20.2 Å². The van der Waals surface area contributed by atoms with Crippen LogP contribution < -0.4 is 0 Å². The van der Waals surface area contributed by atoms with Crippen molar-refractivity contribution in [3.05, 3.63) is 29.3 Å². The lowest BCUT2D eigenvalue weighted by Crippen LogP contribution is -2.30. The van der Waals surface area contributed by atoms with Crippen molar-refractivity contribution in [1.29, 1.82) is 0 Å². The predicted molar refractivity (Wildman–Crippen MR) is 77.3 cm³/mol. The van der Waals surface area contributed by atoms with Gasteiger partial charge < -0.3 is 4.74 Å². The molecule has 1 saturated heterocycles. The first-order valence-corrected chi connectivity index (χ1v) is 8.66. The number of carbonyl (C=O) groups is 1. The quantitative estimate of drug-likeness (QED) is 0.791. The van der Waals surface area contributed by atoms with Gasteiger partial charge in [-0.3, -0.25) is 4.79 Å². The van der Waals surface area contributed by atoms with Gasteiger partial charge in [-0.15, -0.1) is 0 Å². The van der Waals surface area contributed by atoms with Crippen LogP contribution in [0.25, 0.3) is 0 Å². The average Bonchev–Trinajstić information content (AvgIpc) is 3.14. The van der Waals surface area contributed by atoms with E-state index in [1.807, 2.05) is 6.07 Å². The molecule has 3 rings (SSSR count). The van der Waals surface area contributed by atoms with Gasteiger partial charge in [-0.05, 0) is 48.9 Å². The van der Waals surface area contributed by atoms with Crippen LogP contribution in [0.4, 0.5) is 0 Å². The van der Waals surface area contributed by atoms with Gasteiger partial charge in [0.1, 0.15) is 0 Å². The summed E-state index contributed by atoms with van der Waals surface area (Å²) < 4.78 is 31.4. The van der Waals surface area contributed by atoms with Crippen LogP contribution in [-0.2, 0) is 32.4 Å². The Morgan fingerprint density at radius 2 is 2.05 bits per heavy atom. The van der Waals surface area contributed by atoms with E-state index in [1.54, 1.807) is 12.1 Å². The summed E-state index contributed by atoms with van der Waals surface area (Å²) in [6.07, 6.45) is 3.59. The zero-order valence-corrected chi connectivity index (χ0v) is 12.9. The number of sulfonamides is 1. The van der Waals surface area contributed by atoms with Crippen molar-refractivity contribution in [2.45, 2.75) is 30.6 Å². The molecule has 114 valence electrons. The van der Waals surface area contributed by atoms with Crippen LogP contribution in [-0.4, -0.2) is 38.9 Å². The van der Waals surface area contributed by atoms with E-state index in [4.69, 9.17) is 4.74 Å². The zero-order chi connectivity index (χ0) is 15.0. The molecule has 1 unspecified atom stereocenters. The molecule has 0 amide bonds. The monoisotopic (exact) mass is 309 g/mol. The molecule has 0 aromatic heterocycles. The number of aryl methyl sites for hydroxylation is 2. The lowest BCUT2D eigenvalue weighted by Gasteiger charge is -2.17. The maximum Gasteiger partial charge on any atom is 0.310 e. The molecular weight excluding hydrogens is 290 g/mol. The molecule has 1 aliphatic heterocycles. The van der Waals surface area contributed by atoms with E-state index in [0.29, 0.717) is 17.9 Å². The number of esters is 1. The third-order valence-corrected chi connectivity index (χ3v) is 6.25. The molecule has 5 nitrogen and oxygen atoms in total. The largest absolute Gasteiger partial charge is 0.469 e. The number of carbonyl (C=O) groups excluding carboxylic acids is 1. The number of benzene rings is 1. The Balaban J connectivity index is 1.83. The van der Waals surface area contributed by atoms with E-state index in [-0.39, 0.29) is 18.4 Å². The van der Waals surface area contributed by atoms with E-state index in [9.17, 15) is 13.2 Å². The second-order valence-electron chi connectivity index (χ2n) is 5.66. The van der Waals surface area contributed by atoms with E-state index >= 15 is 0 Å². The van der Waals surface area contributed by atoms with Crippen LogP contribution in [0.15, 0.2) is 23.1 Å². The predicted octanol–water partition coefficient (Wildman–Crippen LogP) is 1.36. The van der Waals surface area contributed by atoms with E-state index < -0.39 is 10.0 Å². The Kier molecular flexibility index (Phi) is 3.75. The second kappa shape index (κ2) is 5.42. The number of rotatable bonds is 3. The third kappa shape index (κ3) is 2.58. The average molecular weight is 309 g/mol. The molecule has 2 aliphatic rings. The Hall–Kier alpha value is -1.40. The summed E-state index contributed by atoms with van der Waals surface area (Å²) in [7, 11) is -2.18. The Labute approximate surface area is 124 Å². The number of nitrogens with zero attached hydrogens (tertiary/aromatic N) is 1. The Morgan fingerprint density at radius 3 is 2.81 bits per heavy atom. The summed E-state index contributed by atoms with van der Waals surface area (Å²) >= 11 is 0. The molecule has 0 spiro atoms. The van der Waals surface area contributed by atoms with Crippen molar-refractivity contribution in [1.82, 2.24) is 4.31 Å². The molecule has 1 aromatic rings. The molecule has 0 saturated carbocycles. The van der Waals surface area contributed by atoms with Crippen LogP contribution in [0.2, 0.25) is 0 Å². The highest BCUT2D eigenvalue weighted by atomic mass is 32.2. The van der Waals surface area contributed by atoms with E-state index in [2.05, 4.69) is 0 Å². The van der Waals surface area contributed by atoms with Crippen LogP contribution in [0.1, 0.15) is 24.0 Å². The maximum absolute atomic E-state index is 12.7. The minimum absolute atomic E-state index is 0.214. The molecule has 0 radical (unpaired) electrons. The topological polar surface area (TPSA) is 63.7 Å². The van der Waals surface area contributed by atoms with Crippen molar-refractivity contribution < 1.29 is 17.9 Å². The normalized spacial score (nSPS) is 22.2. The summed E-state index contributed by atoms with van der Waals surface area (Å²) in [6, 6.07) is 5.40. The van der Waals surface area contributed by atoms with Crippen molar-refractivity contribution in [2.24, 2.45) is 5.92 Å². The van der Waals surface area contributed by atoms with Gasteiger partial charge in [0.25, 0.3) is 0 Å². The molecule has 6 heteroatoms. The van der Waals surface area contributed by atoms with Crippen molar-refractivity contribution >= 4 is 16.0 Å². The summed E-state index contributed by atoms with van der Waals surface area (Å²) in [4.78, 5) is 11.9. The van der Waals surface area contributed by atoms with Crippen molar-refractivity contribution in [3.63, 3.8) is 0 Å². The SMILES string of the molecule is COC(=O)C1CCN(S(=O)(=O)c2ccc3c(c2)CCC3)C1. The third-order valence-electron chi connectivity index (χ3n) is 4.39. The highest BCUT2D eigenvalue weighted by Gasteiger charge is 2.36. The first-order chi connectivity index (χ1) is 10.0. The molecule has 21 heavy (non-hydrogen) atoms. The number of methoxy groups -OCH3 is 1. The fourth-order valence-electron chi connectivity index (χ4n) is 3.16. The fourth-order valence-corrected chi connectivity index (χ4v) is 4.71. The van der Waals surface area contributed by atoms with Gasteiger partial charge >= 0.3 is 5.97 Å². The summed E-state index contributed by atoms with van der Waals surface area (Å²) in [5.41, 5.74) is 2.39. The number of hydrogen-bond donors (Lipinski definition) is 0. The number of hydrogen-bond acceptors (Lipinski definition) is 4. The van der Waals surface area contributed by atoms with Crippen molar-refractivity contribution in [3.8, 4) is 0 Å². The van der Waals surface area contributed by atoms with Gasteiger partial charge in [-0.1, -0.05) is 6.07 Å². The molecule has 1 fully saturated rings. The number of fused-ring (bicyclic) bond motifs is 1. The fraction of sp³-hybridized carbons (Fsp3) is 0.533. The molecule has 1 aliphatic carbocycles. The first kappa shape index (κ1) is 14.5.